The maximum absolute atomic E-state index is 12.7. The predicted octanol–water partition coefficient (Wildman–Crippen LogP) is 2.83. The van der Waals surface area contributed by atoms with Crippen LogP contribution in [0.5, 0.6) is 0 Å². The van der Waals surface area contributed by atoms with Gasteiger partial charge in [0.15, 0.2) is 0 Å². The first-order chi connectivity index (χ1) is 9.83. The van der Waals surface area contributed by atoms with Gasteiger partial charge in [-0.05, 0) is 26.2 Å². The lowest BCUT2D eigenvalue weighted by Gasteiger charge is -2.33. The van der Waals surface area contributed by atoms with E-state index in [0.29, 0.717) is 19.0 Å². The number of nitrogens with zero attached hydrogens (tertiary/aromatic N) is 2. The number of rotatable bonds is 6. The molecule has 1 rings (SSSR count). The van der Waals surface area contributed by atoms with Crippen molar-refractivity contribution in [1.82, 2.24) is 9.80 Å². The summed E-state index contributed by atoms with van der Waals surface area (Å²) < 4.78 is 0. The Labute approximate surface area is 133 Å². The highest BCUT2D eigenvalue weighted by Crippen LogP contribution is 2.35. The van der Waals surface area contributed by atoms with Crippen LogP contribution in [-0.4, -0.2) is 51.9 Å². The number of carbonyl (C=O) groups excluding carboxylic acids is 2. The van der Waals surface area contributed by atoms with E-state index in [4.69, 9.17) is 0 Å². The second-order valence-electron chi connectivity index (χ2n) is 6.34. The molecule has 0 aliphatic carbocycles. The van der Waals surface area contributed by atoms with Crippen molar-refractivity contribution in [3.63, 3.8) is 0 Å². The number of thioether (sulfide) groups is 1. The summed E-state index contributed by atoms with van der Waals surface area (Å²) in [6, 6.07) is -0.284. The largest absolute Gasteiger partial charge is 0.341 e. The molecule has 1 aliphatic rings. The Kier molecular flexibility index (Phi) is 7.04. The predicted molar refractivity (Wildman–Crippen MR) is 89.1 cm³/mol. The first-order valence-corrected chi connectivity index (χ1v) is 9.10. The molecule has 0 radical (unpaired) electrons. The van der Waals surface area contributed by atoms with Gasteiger partial charge < -0.3 is 9.80 Å². The summed E-state index contributed by atoms with van der Waals surface area (Å²) in [6.07, 6.45) is 0.950. The van der Waals surface area contributed by atoms with Gasteiger partial charge in [0.25, 0.3) is 0 Å². The molecule has 1 aliphatic heterocycles. The van der Waals surface area contributed by atoms with Gasteiger partial charge in [-0.2, -0.15) is 0 Å². The molecule has 0 spiro atoms. The van der Waals surface area contributed by atoms with Gasteiger partial charge in [-0.1, -0.05) is 27.7 Å². The highest BCUT2D eigenvalue weighted by molar-refractivity contribution is 8.00. The summed E-state index contributed by atoms with van der Waals surface area (Å²) >= 11 is 1.76. The first-order valence-electron chi connectivity index (χ1n) is 8.05. The van der Waals surface area contributed by atoms with Crippen LogP contribution in [0.1, 0.15) is 48.0 Å². The van der Waals surface area contributed by atoms with Gasteiger partial charge in [-0.3, -0.25) is 9.59 Å². The summed E-state index contributed by atoms with van der Waals surface area (Å²) in [5.74, 6) is 1.40. The van der Waals surface area contributed by atoms with Crippen LogP contribution in [0.25, 0.3) is 0 Å². The quantitative estimate of drug-likeness (QED) is 0.757. The standard InChI is InChI=1S/C16H30N2O2S/c1-7-17(8-2)16(20)13-10-21-14(9-11(3)4)18(13)15(19)12(5)6/h11-14H,7-10H2,1-6H3. The van der Waals surface area contributed by atoms with E-state index in [1.165, 1.54) is 0 Å². The molecule has 1 fully saturated rings. The van der Waals surface area contributed by atoms with Crippen LogP contribution in [0.2, 0.25) is 0 Å². The molecule has 2 unspecified atom stereocenters. The average molecular weight is 314 g/mol. The van der Waals surface area contributed by atoms with E-state index in [2.05, 4.69) is 13.8 Å². The van der Waals surface area contributed by atoms with Crippen molar-refractivity contribution in [3.8, 4) is 0 Å². The maximum atomic E-state index is 12.7. The minimum Gasteiger partial charge on any atom is -0.341 e. The van der Waals surface area contributed by atoms with E-state index < -0.39 is 0 Å². The van der Waals surface area contributed by atoms with Gasteiger partial charge in [0, 0.05) is 24.8 Å². The van der Waals surface area contributed by atoms with E-state index in [-0.39, 0.29) is 29.1 Å². The molecule has 1 saturated heterocycles. The average Bonchev–Trinajstić information content (AvgIpc) is 2.81. The summed E-state index contributed by atoms with van der Waals surface area (Å²) in [7, 11) is 0. The van der Waals surface area contributed by atoms with Crippen LogP contribution >= 0.6 is 11.8 Å². The zero-order chi connectivity index (χ0) is 16.2. The van der Waals surface area contributed by atoms with Crippen molar-refractivity contribution in [3.05, 3.63) is 0 Å². The molecule has 0 aromatic rings. The molecule has 0 aromatic heterocycles. The number of amides is 2. The Bertz CT molecular complexity index is 367. The highest BCUT2D eigenvalue weighted by Gasteiger charge is 2.43. The number of hydrogen-bond acceptors (Lipinski definition) is 3. The van der Waals surface area contributed by atoms with Crippen LogP contribution in [0.15, 0.2) is 0 Å². The molecule has 0 aromatic carbocycles. The third kappa shape index (κ3) is 4.38. The molecule has 0 bridgehead atoms. The van der Waals surface area contributed by atoms with E-state index in [9.17, 15) is 9.59 Å². The number of carbonyl (C=O) groups is 2. The minimum atomic E-state index is -0.284. The Morgan fingerprint density at radius 1 is 1.19 bits per heavy atom. The SMILES string of the molecule is CCN(CC)C(=O)C1CSC(CC(C)C)N1C(=O)C(C)C. The first kappa shape index (κ1) is 18.3. The van der Waals surface area contributed by atoms with Crippen LogP contribution in [0.3, 0.4) is 0 Å². The Morgan fingerprint density at radius 3 is 2.19 bits per heavy atom. The van der Waals surface area contributed by atoms with Crippen LogP contribution in [0.4, 0.5) is 0 Å². The van der Waals surface area contributed by atoms with Crippen molar-refractivity contribution in [2.24, 2.45) is 11.8 Å². The van der Waals surface area contributed by atoms with E-state index in [1.54, 1.807) is 11.8 Å². The lowest BCUT2D eigenvalue weighted by molar-refractivity contribution is -0.146. The summed E-state index contributed by atoms with van der Waals surface area (Å²) in [6.45, 7) is 13.5. The molecule has 1 heterocycles. The van der Waals surface area contributed by atoms with Crippen molar-refractivity contribution in [2.45, 2.75) is 59.4 Å². The van der Waals surface area contributed by atoms with Gasteiger partial charge in [-0.15, -0.1) is 11.8 Å². The fourth-order valence-electron chi connectivity index (χ4n) is 2.68. The fraction of sp³-hybridized carbons (Fsp3) is 0.875. The molecule has 2 atom stereocenters. The fourth-order valence-corrected chi connectivity index (χ4v) is 4.32. The van der Waals surface area contributed by atoms with Gasteiger partial charge in [0.2, 0.25) is 11.8 Å². The molecule has 0 saturated carbocycles. The smallest absolute Gasteiger partial charge is 0.246 e. The molecule has 4 nitrogen and oxygen atoms in total. The van der Waals surface area contributed by atoms with Crippen LogP contribution in [0, 0.1) is 11.8 Å². The van der Waals surface area contributed by atoms with Gasteiger partial charge >= 0.3 is 0 Å². The van der Waals surface area contributed by atoms with E-state index in [1.807, 2.05) is 37.5 Å². The van der Waals surface area contributed by atoms with Crippen LogP contribution < -0.4 is 0 Å². The van der Waals surface area contributed by atoms with Gasteiger partial charge in [0.1, 0.15) is 6.04 Å². The summed E-state index contributed by atoms with van der Waals surface area (Å²) in [5.41, 5.74) is 0. The zero-order valence-corrected chi connectivity index (χ0v) is 15.1. The normalized spacial score (nSPS) is 22.2. The topological polar surface area (TPSA) is 40.6 Å². The Balaban J connectivity index is 2.97. The van der Waals surface area contributed by atoms with Gasteiger partial charge in [0.05, 0.1) is 5.37 Å². The molecule has 5 heteroatoms. The molecule has 122 valence electrons. The van der Waals surface area contributed by atoms with E-state index in [0.717, 1.165) is 12.2 Å². The Hall–Kier alpha value is -0.710. The third-order valence-electron chi connectivity index (χ3n) is 3.87. The summed E-state index contributed by atoms with van der Waals surface area (Å²) in [4.78, 5) is 29.0. The highest BCUT2D eigenvalue weighted by atomic mass is 32.2. The van der Waals surface area contributed by atoms with Crippen molar-refractivity contribution >= 4 is 23.6 Å². The lowest BCUT2D eigenvalue weighted by Crippen LogP contribution is -2.52. The minimum absolute atomic E-state index is 0.0645. The van der Waals surface area contributed by atoms with Crippen molar-refractivity contribution in [2.75, 3.05) is 18.8 Å². The molecular weight excluding hydrogens is 284 g/mol. The van der Waals surface area contributed by atoms with Gasteiger partial charge in [-0.25, -0.2) is 0 Å². The molecular formula is C16H30N2O2S. The maximum Gasteiger partial charge on any atom is 0.246 e. The number of likely N-dealkylation sites (N-methyl/N-ethyl adjacent to an activating group) is 1. The van der Waals surface area contributed by atoms with E-state index >= 15 is 0 Å². The second-order valence-corrected chi connectivity index (χ2v) is 7.55. The molecule has 2 amide bonds. The monoisotopic (exact) mass is 314 g/mol. The molecule has 0 N–H and O–H groups in total. The lowest BCUT2D eigenvalue weighted by atomic mass is 10.1. The third-order valence-corrected chi connectivity index (χ3v) is 5.19. The van der Waals surface area contributed by atoms with Crippen molar-refractivity contribution < 1.29 is 9.59 Å². The van der Waals surface area contributed by atoms with Crippen molar-refractivity contribution in [1.29, 1.82) is 0 Å². The number of hydrogen-bond donors (Lipinski definition) is 0. The molecule has 21 heavy (non-hydrogen) atoms. The summed E-state index contributed by atoms with van der Waals surface area (Å²) in [5, 5.41) is 0.143. The van der Waals surface area contributed by atoms with Crippen LogP contribution in [-0.2, 0) is 9.59 Å². The second kappa shape index (κ2) is 8.06. The zero-order valence-electron chi connectivity index (χ0n) is 14.3. The Morgan fingerprint density at radius 2 is 1.76 bits per heavy atom.